The van der Waals surface area contributed by atoms with Gasteiger partial charge in [0.05, 0.1) is 13.2 Å². The van der Waals surface area contributed by atoms with E-state index in [9.17, 15) is 9.59 Å². The minimum atomic E-state index is -0.773. The molecule has 1 aliphatic heterocycles. The van der Waals surface area contributed by atoms with Crippen LogP contribution in [0, 0.1) is 0 Å². The molecule has 0 spiro atoms. The molecule has 0 radical (unpaired) electrons. The Kier molecular flexibility index (Phi) is 6.95. The fraction of sp³-hybridized carbons (Fsp3) is 0.857. The first-order chi connectivity index (χ1) is 9.53. The molecule has 116 valence electrons. The van der Waals surface area contributed by atoms with E-state index in [4.69, 9.17) is 9.47 Å². The summed E-state index contributed by atoms with van der Waals surface area (Å²) in [5.41, 5.74) is -0.773. The average molecular weight is 286 g/mol. The molecular formula is C14H26N2O4. The van der Waals surface area contributed by atoms with Crippen LogP contribution in [0.25, 0.3) is 0 Å². The summed E-state index contributed by atoms with van der Waals surface area (Å²) in [4.78, 5) is 25.9. The normalized spacial score (nSPS) is 23.6. The molecule has 1 unspecified atom stereocenters. The van der Waals surface area contributed by atoms with Gasteiger partial charge in [0.25, 0.3) is 0 Å². The van der Waals surface area contributed by atoms with Crippen LogP contribution in [0.3, 0.4) is 0 Å². The lowest BCUT2D eigenvalue weighted by atomic mass is 9.97. The highest BCUT2D eigenvalue weighted by atomic mass is 16.5. The van der Waals surface area contributed by atoms with Crippen molar-refractivity contribution < 1.29 is 19.1 Å². The molecule has 1 rings (SSSR count). The summed E-state index contributed by atoms with van der Waals surface area (Å²) in [6.45, 7) is 6.55. The fourth-order valence-corrected chi connectivity index (χ4v) is 2.17. The molecule has 1 aliphatic rings. The van der Waals surface area contributed by atoms with E-state index in [1.807, 2.05) is 6.92 Å². The van der Waals surface area contributed by atoms with Crippen LogP contribution in [0.1, 0.15) is 33.1 Å². The second-order valence-electron chi connectivity index (χ2n) is 5.23. The van der Waals surface area contributed by atoms with E-state index >= 15 is 0 Å². The zero-order valence-electron chi connectivity index (χ0n) is 12.7. The Morgan fingerprint density at radius 3 is 2.70 bits per heavy atom. The van der Waals surface area contributed by atoms with E-state index in [2.05, 4.69) is 5.32 Å². The van der Waals surface area contributed by atoms with Gasteiger partial charge in [-0.1, -0.05) is 6.92 Å². The van der Waals surface area contributed by atoms with E-state index in [1.165, 1.54) is 0 Å². The molecule has 0 aromatic heterocycles. The maximum atomic E-state index is 12.5. The first-order valence-corrected chi connectivity index (χ1v) is 7.20. The summed E-state index contributed by atoms with van der Waals surface area (Å²) in [6, 6.07) is 0. The van der Waals surface area contributed by atoms with Gasteiger partial charge < -0.3 is 19.7 Å². The molecule has 6 nitrogen and oxygen atoms in total. The van der Waals surface area contributed by atoms with Crippen LogP contribution in [0.2, 0.25) is 0 Å². The maximum absolute atomic E-state index is 12.5. The van der Waals surface area contributed by atoms with Crippen LogP contribution in [0.4, 0.5) is 0 Å². The third-order valence-corrected chi connectivity index (χ3v) is 3.64. The predicted octanol–water partition coefficient (Wildman–Crippen LogP) is 0.557. The highest BCUT2D eigenvalue weighted by Crippen LogP contribution is 2.17. The third kappa shape index (κ3) is 4.76. The molecule has 0 bridgehead atoms. The molecule has 6 heteroatoms. The maximum Gasteiger partial charge on any atom is 0.248 e. The van der Waals surface area contributed by atoms with Gasteiger partial charge in [0.15, 0.2) is 0 Å². The van der Waals surface area contributed by atoms with Crippen molar-refractivity contribution in [2.24, 2.45) is 0 Å². The van der Waals surface area contributed by atoms with Crippen LogP contribution < -0.4 is 5.32 Å². The van der Waals surface area contributed by atoms with Crippen molar-refractivity contribution >= 4 is 11.8 Å². The van der Waals surface area contributed by atoms with E-state index in [0.717, 1.165) is 6.42 Å². The molecule has 2 amide bonds. The monoisotopic (exact) mass is 286 g/mol. The smallest absolute Gasteiger partial charge is 0.248 e. The lowest BCUT2D eigenvalue weighted by molar-refractivity contribution is -0.138. The van der Waals surface area contributed by atoms with Crippen molar-refractivity contribution in [3.63, 3.8) is 0 Å². The van der Waals surface area contributed by atoms with Crippen LogP contribution in [0.5, 0.6) is 0 Å². The Morgan fingerprint density at radius 2 is 2.05 bits per heavy atom. The Bertz CT molecular complexity index is 335. The second-order valence-corrected chi connectivity index (χ2v) is 5.23. The molecule has 1 atom stereocenters. The predicted molar refractivity (Wildman–Crippen MR) is 75.3 cm³/mol. The first-order valence-electron chi connectivity index (χ1n) is 7.20. The second kappa shape index (κ2) is 8.21. The van der Waals surface area contributed by atoms with Gasteiger partial charge >= 0.3 is 0 Å². The topological polar surface area (TPSA) is 67.9 Å². The van der Waals surface area contributed by atoms with Crippen molar-refractivity contribution in [2.45, 2.75) is 38.6 Å². The van der Waals surface area contributed by atoms with Crippen LogP contribution in [0.15, 0.2) is 0 Å². The van der Waals surface area contributed by atoms with Crippen LogP contribution >= 0.6 is 0 Å². The first kappa shape index (κ1) is 16.9. The van der Waals surface area contributed by atoms with E-state index in [-0.39, 0.29) is 11.8 Å². The molecule has 0 aromatic carbocycles. The average Bonchev–Trinajstić information content (AvgIpc) is 2.54. The van der Waals surface area contributed by atoms with Crippen molar-refractivity contribution in [3.8, 4) is 0 Å². The Labute approximate surface area is 120 Å². The lowest BCUT2D eigenvalue weighted by Crippen LogP contribution is -2.54. The van der Waals surface area contributed by atoms with Crippen molar-refractivity contribution in [1.29, 1.82) is 0 Å². The van der Waals surface area contributed by atoms with Crippen molar-refractivity contribution in [3.05, 3.63) is 0 Å². The van der Waals surface area contributed by atoms with Gasteiger partial charge in [0, 0.05) is 33.2 Å². The number of nitrogens with one attached hydrogen (secondary N) is 1. The number of hydrogen-bond donors (Lipinski definition) is 1. The number of hydrogen-bond acceptors (Lipinski definition) is 4. The van der Waals surface area contributed by atoms with Gasteiger partial charge in [0.2, 0.25) is 11.8 Å². The molecule has 20 heavy (non-hydrogen) atoms. The van der Waals surface area contributed by atoms with Gasteiger partial charge in [0.1, 0.15) is 5.54 Å². The van der Waals surface area contributed by atoms with Crippen LogP contribution in [-0.2, 0) is 19.1 Å². The minimum absolute atomic E-state index is 0.00254. The SMILES string of the molecule is CCC1(C)NC(=O)CCN(CCCOCCOC)C1=O. The third-order valence-electron chi connectivity index (χ3n) is 3.64. The van der Waals surface area contributed by atoms with Gasteiger partial charge in [-0.05, 0) is 19.8 Å². The summed E-state index contributed by atoms with van der Waals surface area (Å²) in [6.07, 6.45) is 1.73. The largest absolute Gasteiger partial charge is 0.382 e. The van der Waals surface area contributed by atoms with E-state index < -0.39 is 5.54 Å². The highest BCUT2D eigenvalue weighted by Gasteiger charge is 2.38. The van der Waals surface area contributed by atoms with Crippen molar-refractivity contribution in [2.75, 3.05) is 40.0 Å². The quantitative estimate of drug-likeness (QED) is 0.662. The zero-order chi connectivity index (χ0) is 15.0. The molecule has 1 heterocycles. The molecule has 1 saturated heterocycles. The molecule has 1 N–H and O–H groups in total. The molecule has 1 fully saturated rings. The lowest BCUT2D eigenvalue weighted by Gasteiger charge is -2.31. The van der Waals surface area contributed by atoms with Gasteiger partial charge in [-0.25, -0.2) is 0 Å². The number of carbonyl (C=O) groups is 2. The summed E-state index contributed by atoms with van der Waals surface area (Å²) in [5, 5.41) is 2.83. The Morgan fingerprint density at radius 1 is 1.30 bits per heavy atom. The summed E-state index contributed by atoms with van der Waals surface area (Å²) < 4.78 is 10.3. The minimum Gasteiger partial charge on any atom is -0.382 e. The summed E-state index contributed by atoms with van der Waals surface area (Å²) in [5.74, 6) is -0.0516. The van der Waals surface area contributed by atoms with E-state index in [0.29, 0.717) is 45.8 Å². The zero-order valence-corrected chi connectivity index (χ0v) is 12.7. The number of ether oxygens (including phenoxy) is 2. The Hall–Kier alpha value is -1.14. The van der Waals surface area contributed by atoms with Crippen molar-refractivity contribution in [1.82, 2.24) is 10.2 Å². The molecule has 0 aromatic rings. The molecule has 0 aliphatic carbocycles. The van der Waals surface area contributed by atoms with Crippen LogP contribution in [-0.4, -0.2) is 62.3 Å². The number of rotatable bonds is 8. The Balaban J connectivity index is 2.43. The van der Waals surface area contributed by atoms with Gasteiger partial charge in [-0.2, -0.15) is 0 Å². The highest BCUT2D eigenvalue weighted by molar-refractivity contribution is 5.93. The number of nitrogens with zero attached hydrogens (tertiary/aromatic N) is 1. The van der Waals surface area contributed by atoms with Gasteiger partial charge in [-0.3, -0.25) is 9.59 Å². The number of amides is 2. The van der Waals surface area contributed by atoms with Gasteiger partial charge in [-0.15, -0.1) is 0 Å². The summed E-state index contributed by atoms with van der Waals surface area (Å²) in [7, 11) is 1.63. The number of methoxy groups -OCH3 is 1. The van der Waals surface area contributed by atoms with E-state index in [1.54, 1.807) is 18.9 Å². The molecule has 0 saturated carbocycles. The number of carbonyl (C=O) groups excluding carboxylic acids is 2. The fourth-order valence-electron chi connectivity index (χ4n) is 2.17. The standard InChI is InChI=1S/C14H26N2O4/c1-4-14(2)13(18)16(8-6-12(17)15-14)7-5-9-20-11-10-19-3/h4-11H2,1-3H3,(H,15,17). The summed E-state index contributed by atoms with van der Waals surface area (Å²) >= 11 is 0. The molecular weight excluding hydrogens is 260 g/mol.